The van der Waals surface area contributed by atoms with Crippen LogP contribution in [0.2, 0.25) is 0 Å². The van der Waals surface area contributed by atoms with Crippen LogP contribution in [-0.4, -0.2) is 99.3 Å². The molecule has 0 aromatic carbocycles. The molecule has 6 atom stereocenters. The van der Waals surface area contributed by atoms with Crippen LogP contribution in [0.4, 0.5) is 0 Å². The molecule has 0 amide bonds. The van der Waals surface area contributed by atoms with Gasteiger partial charge in [-0.15, -0.1) is 0 Å². The molecule has 0 rings (SSSR count). The van der Waals surface area contributed by atoms with Gasteiger partial charge in [-0.2, -0.15) is 0 Å². The van der Waals surface area contributed by atoms with Crippen molar-refractivity contribution in [3.05, 3.63) is 85.1 Å². The van der Waals surface area contributed by atoms with Crippen LogP contribution in [0.15, 0.2) is 85.1 Å². The number of phosphoric acid groups is 1. The number of hydrogen-bond donors (Lipinski definition) is 6. The Kier molecular flexibility index (Phi) is 36.3. The summed E-state index contributed by atoms with van der Waals surface area (Å²) in [6, 6.07) is 0. The van der Waals surface area contributed by atoms with Crippen molar-refractivity contribution in [2.45, 2.75) is 154 Å². The Morgan fingerprint density at radius 3 is 1.81 bits per heavy atom. The van der Waals surface area contributed by atoms with E-state index in [2.05, 4.69) is 54.8 Å². The summed E-state index contributed by atoms with van der Waals surface area (Å²) in [7, 11) is -4.73. The van der Waals surface area contributed by atoms with Crippen LogP contribution in [0, 0.1) is 0 Å². The molecule has 0 saturated heterocycles. The Morgan fingerprint density at radius 1 is 0.621 bits per heavy atom. The van der Waals surface area contributed by atoms with E-state index < -0.39 is 76.7 Å². The third kappa shape index (κ3) is 36.1. The van der Waals surface area contributed by atoms with E-state index in [4.69, 9.17) is 19.1 Å². The van der Waals surface area contributed by atoms with Crippen LogP contribution in [0.1, 0.15) is 123 Å². The highest BCUT2D eigenvalue weighted by atomic mass is 31.2. The van der Waals surface area contributed by atoms with E-state index in [9.17, 15) is 39.5 Å². The monoisotopic (exact) mass is 840 g/mol. The molecular weight excluding hydrogens is 767 g/mol. The van der Waals surface area contributed by atoms with Crippen LogP contribution in [0.3, 0.4) is 0 Å². The van der Waals surface area contributed by atoms with Crippen LogP contribution < -0.4 is 0 Å². The molecule has 13 nitrogen and oxygen atoms in total. The van der Waals surface area contributed by atoms with Crippen molar-refractivity contribution in [1.29, 1.82) is 0 Å². The topological polar surface area (TPSA) is 210 Å². The fourth-order valence-corrected chi connectivity index (χ4v) is 5.76. The standard InChI is InChI=1S/C44H73O13P/c1-3-5-7-8-9-10-11-12-13-14-15-16-17-22-26-32-43(50)54-36-40(37-56-58(52,53)55-35-39(47)34-45)57-44(51)33-27-31-42(49)41(48)30-25-21-19-18-20-24-29-38(46)28-23-6-4-2/h9-10,12-13,15-16,18-21,24-25,29-30,38-42,45-49H,3-8,11,14,17,22-23,26-28,31-37H2,1-2H3,(H,52,53)/b10-9-,13-12-,16-15-,20-18-,21-19+,29-24+,30-25+/t38-,39-,40+,41-,42-/m0/s1. The average Bonchev–Trinajstić information content (AvgIpc) is 3.20. The molecule has 0 radical (unpaired) electrons. The van der Waals surface area contributed by atoms with Gasteiger partial charge in [0.25, 0.3) is 0 Å². The highest BCUT2D eigenvalue weighted by molar-refractivity contribution is 7.47. The molecule has 0 saturated carbocycles. The molecule has 332 valence electrons. The maximum absolute atomic E-state index is 12.6. The molecule has 0 fully saturated rings. The molecule has 0 heterocycles. The lowest BCUT2D eigenvalue weighted by Gasteiger charge is -2.20. The number of esters is 2. The number of allylic oxidation sites excluding steroid dienone is 12. The zero-order valence-corrected chi connectivity index (χ0v) is 35.7. The molecule has 6 N–H and O–H groups in total. The summed E-state index contributed by atoms with van der Waals surface area (Å²) in [5.41, 5.74) is 0. The number of carbonyl (C=O) groups excluding carboxylic acids is 2. The quantitative estimate of drug-likeness (QED) is 0.0117. The second-order valence-corrected chi connectivity index (χ2v) is 15.3. The average molecular weight is 841 g/mol. The van der Waals surface area contributed by atoms with E-state index in [1.165, 1.54) is 25.3 Å². The summed E-state index contributed by atoms with van der Waals surface area (Å²) in [4.78, 5) is 35.0. The number of aliphatic hydroxyl groups is 5. The van der Waals surface area contributed by atoms with Gasteiger partial charge in [-0.3, -0.25) is 18.6 Å². The van der Waals surface area contributed by atoms with Gasteiger partial charge in [0.15, 0.2) is 6.10 Å². The number of unbranched alkanes of at least 4 members (excludes halogenated alkanes) is 7. The fraction of sp³-hybridized carbons (Fsp3) is 0.636. The van der Waals surface area contributed by atoms with Gasteiger partial charge in [0, 0.05) is 12.8 Å². The minimum Gasteiger partial charge on any atom is -0.462 e. The van der Waals surface area contributed by atoms with Gasteiger partial charge in [0.2, 0.25) is 0 Å². The first-order chi connectivity index (χ1) is 27.9. The summed E-state index contributed by atoms with van der Waals surface area (Å²) >= 11 is 0. The molecular formula is C44H73O13P. The minimum atomic E-state index is -4.73. The molecule has 0 aliphatic carbocycles. The minimum absolute atomic E-state index is 0.0569. The fourth-order valence-electron chi connectivity index (χ4n) is 4.97. The number of aliphatic hydroxyl groups excluding tert-OH is 5. The Hall–Kier alpha value is -2.97. The Balaban J connectivity index is 4.76. The molecule has 0 aliphatic heterocycles. The van der Waals surface area contributed by atoms with Gasteiger partial charge in [-0.25, -0.2) is 4.57 Å². The SMILES string of the molecule is CCCCC/C=C\C/C=C\C/C=C\CCCCC(=O)OC[C@H](COP(=O)(O)OC[C@@H](O)CO)OC(=O)CCC[C@H](O)[C@@H](O)/C=C/C=C/C=C\C=C\[C@@H](O)CCCCC. The van der Waals surface area contributed by atoms with Crippen molar-refractivity contribution in [3.8, 4) is 0 Å². The van der Waals surface area contributed by atoms with Gasteiger partial charge in [-0.1, -0.05) is 131 Å². The van der Waals surface area contributed by atoms with Gasteiger partial charge in [-0.05, 0) is 64.2 Å². The van der Waals surface area contributed by atoms with Crippen LogP contribution in [0.25, 0.3) is 0 Å². The molecule has 0 aromatic rings. The summed E-state index contributed by atoms with van der Waals surface area (Å²) in [5.74, 6) is -1.31. The lowest BCUT2D eigenvalue weighted by atomic mass is 10.1. The number of hydrogen-bond acceptors (Lipinski definition) is 12. The van der Waals surface area contributed by atoms with Crippen LogP contribution in [0.5, 0.6) is 0 Å². The van der Waals surface area contributed by atoms with Crippen LogP contribution >= 0.6 is 7.82 Å². The van der Waals surface area contributed by atoms with Gasteiger partial charge in [0.1, 0.15) is 12.7 Å². The van der Waals surface area contributed by atoms with Gasteiger partial charge < -0.3 is 39.9 Å². The summed E-state index contributed by atoms with van der Waals surface area (Å²) < 4.78 is 32.4. The lowest BCUT2D eigenvalue weighted by Crippen LogP contribution is -2.30. The van der Waals surface area contributed by atoms with E-state index in [1.54, 1.807) is 42.5 Å². The molecule has 58 heavy (non-hydrogen) atoms. The largest absolute Gasteiger partial charge is 0.472 e. The second-order valence-electron chi connectivity index (χ2n) is 13.9. The van der Waals surface area contributed by atoms with Crippen molar-refractivity contribution in [2.75, 3.05) is 26.4 Å². The van der Waals surface area contributed by atoms with E-state index in [0.29, 0.717) is 6.42 Å². The maximum atomic E-state index is 12.6. The Morgan fingerprint density at radius 2 is 1.17 bits per heavy atom. The lowest BCUT2D eigenvalue weighted by molar-refractivity contribution is -0.161. The van der Waals surface area contributed by atoms with Gasteiger partial charge in [0.05, 0.1) is 38.1 Å². The third-order valence-corrected chi connectivity index (χ3v) is 9.34. The molecule has 0 bridgehead atoms. The first kappa shape index (κ1) is 55.0. The summed E-state index contributed by atoms with van der Waals surface area (Å²) in [6.45, 7) is 1.77. The van der Waals surface area contributed by atoms with E-state index in [-0.39, 0.29) is 25.7 Å². The summed E-state index contributed by atoms with van der Waals surface area (Å²) in [5, 5.41) is 48.8. The molecule has 14 heteroatoms. The Labute approximate surface area is 347 Å². The summed E-state index contributed by atoms with van der Waals surface area (Å²) in [6.07, 6.45) is 33.5. The van der Waals surface area contributed by atoms with Crippen LogP contribution in [-0.2, 0) is 32.7 Å². The maximum Gasteiger partial charge on any atom is 0.472 e. The number of phosphoric ester groups is 1. The van der Waals surface area contributed by atoms with Crippen molar-refractivity contribution < 1.29 is 63.1 Å². The van der Waals surface area contributed by atoms with E-state index >= 15 is 0 Å². The zero-order chi connectivity index (χ0) is 43.1. The smallest absolute Gasteiger partial charge is 0.462 e. The number of rotatable bonds is 37. The van der Waals surface area contributed by atoms with Crippen molar-refractivity contribution >= 4 is 19.8 Å². The van der Waals surface area contributed by atoms with Gasteiger partial charge >= 0.3 is 19.8 Å². The van der Waals surface area contributed by atoms with E-state index in [0.717, 1.165) is 57.8 Å². The predicted octanol–water partition coefficient (Wildman–Crippen LogP) is 7.58. The van der Waals surface area contributed by atoms with Crippen molar-refractivity contribution in [2.24, 2.45) is 0 Å². The molecule has 0 aromatic heterocycles. The molecule has 1 unspecified atom stereocenters. The van der Waals surface area contributed by atoms with Crippen molar-refractivity contribution in [3.63, 3.8) is 0 Å². The number of ether oxygens (including phenoxy) is 2. The first-order valence-corrected chi connectivity index (χ1v) is 22.4. The first-order valence-electron chi connectivity index (χ1n) is 20.9. The highest BCUT2D eigenvalue weighted by Crippen LogP contribution is 2.43. The zero-order valence-electron chi connectivity index (χ0n) is 34.8. The predicted molar refractivity (Wildman–Crippen MR) is 227 cm³/mol. The normalized spacial score (nSPS) is 16.3. The van der Waals surface area contributed by atoms with Crippen molar-refractivity contribution in [1.82, 2.24) is 0 Å². The molecule has 0 aliphatic rings. The highest BCUT2D eigenvalue weighted by Gasteiger charge is 2.27. The number of carbonyl (C=O) groups is 2. The van der Waals surface area contributed by atoms with E-state index in [1.807, 2.05) is 0 Å². The third-order valence-electron chi connectivity index (χ3n) is 8.39. The second kappa shape index (κ2) is 38.2. The Bertz CT molecular complexity index is 1290. The molecule has 0 spiro atoms.